The number of likely N-dealkylation sites (tertiary alicyclic amines) is 1. The molecule has 0 spiro atoms. The monoisotopic (exact) mass is 455 g/mol. The van der Waals surface area contributed by atoms with Crippen LogP contribution >= 0.6 is 11.3 Å². The lowest BCUT2D eigenvalue weighted by molar-refractivity contribution is -0.392. The van der Waals surface area contributed by atoms with E-state index in [1.807, 2.05) is 23.6 Å². The van der Waals surface area contributed by atoms with Crippen LogP contribution in [0.3, 0.4) is 0 Å². The van der Waals surface area contributed by atoms with Crippen LogP contribution in [-0.2, 0) is 7.05 Å². The molecule has 4 heterocycles. The number of carbonyl (C=O) groups excluding carboxylic acids is 1. The highest BCUT2D eigenvalue weighted by Crippen LogP contribution is 2.37. The largest absolute Gasteiger partial charge is 0.486 e. The van der Waals surface area contributed by atoms with Crippen LogP contribution in [0.1, 0.15) is 34.1 Å². The SMILES string of the molecule is Cn1ncc(C(=O)N2CCC(c3nc(-c4ccc5c(c4)OCCO5)cs3)CC2)c1[N+](=O)[O-]. The maximum absolute atomic E-state index is 12.8. The van der Waals surface area contributed by atoms with E-state index in [9.17, 15) is 14.9 Å². The van der Waals surface area contributed by atoms with Crippen LogP contribution < -0.4 is 9.47 Å². The molecule has 11 heteroatoms. The van der Waals surface area contributed by atoms with E-state index in [0.717, 1.165) is 45.3 Å². The molecule has 0 bridgehead atoms. The molecule has 32 heavy (non-hydrogen) atoms. The molecule has 166 valence electrons. The smallest absolute Gasteiger partial charge is 0.357 e. The minimum Gasteiger partial charge on any atom is -0.486 e. The Labute approximate surface area is 187 Å². The first kappa shape index (κ1) is 20.4. The number of thiazole rings is 1. The van der Waals surface area contributed by atoms with Crippen LogP contribution in [0.5, 0.6) is 11.5 Å². The summed E-state index contributed by atoms with van der Waals surface area (Å²) in [4.78, 5) is 30.0. The van der Waals surface area contributed by atoms with Gasteiger partial charge in [-0.05, 0) is 36.0 Å². The average Bonchev–Trinajstić information content (AvgIpc) is 3.45. The lowest BCUT2D eigenvalue weighted by atomic mass is 9.97. The molecule has 0 aliphatic carbocycles. The fraction of sp³-hybridized carbons (Fsp3) is 0.381. The second-order valence-corrected chi connectivity index (χ2v) is 8.65. The minimum absolute atomic E-state index is 0.0334. The van der Waals surface area contributed by atoms with Gasteiger partial charge in [-0.3, -0.25) is 4.79 Å². The van der Waals surface area contributed by atoms with Crippen LogP contribution in [0.15, 0.2) is 29.8 Å². The molecule has 0 atom stereocenters. The maximum Gasteiger partial charge on any atom is 0.357 e. The molecular formula is C21H21N5O5S. The van der Waals surface area contributed by atoms with Crippen molar-refractivity contribution in [2.24, 2.45) is 7.05 Å². The molecule has 2 aliphatic rings. The van der Waals surface area contributed by atoms with Crippen molar-refractivity contribution in [1.29, 1.82) is 0 Å². The Morgan fingerprint density at radius 1 is 1.22 bits per heavy atom. The van der Waals surface area contributed by atoms with Gasteiger partial charge in [0.1, 0.15) is 20.3 Å². The van der Waals surface area contributed by atoms with Crippen molar-refractivity contribution in [2.45, 2.75) is 18.8 Å². The third-order valence-electron chi connectivity index (χ3n) is 5.80. The first-order valence-corrected chi connectivity index (χ1v) is 11.2. The van der Waals surface area contributed by atoms with Crippen LogP contribution in [0.25, 0.3) is 11.3 Å². The van der Waals surface area contributed by atoms with Crippen molar-refractivity contribution >= 4 is 23.1 Å². The average molecular weight is 455 g/mol. The first-order valence-electron chi connectivity index (χ1n) is 10.3. The standard InChI is InChI=1S/C21H21N5O5S/c1-24-20(26(28)29)15(11-22-24)21(27)25-6-4-13(5-7-25)19-23-16(12-32-19)14-2-3-17-18(10-14)31-9-8-30-17/h2-3,10-13H,4-9H2,1H3. The van der Waals surface area contributed by atoms with E-state index < -0.39 is 4.92 Å². The van der Waals surface area contributed by atoms with E-state index >= 15 is 0 Å². The predicted molar refractivity (Wildman–Crippen MR) is 116 cm³/mol. The van der Waals surface area contributed by atoms with E-state index in [1.165, 1.54) is 13.2 Å². The third-order valence-corrected chi connectivity index (χ3v) is 6.81. The molecule has 2 aliphatic heterocycles. The van der Waals surface area contributed by atoms with Crippen molar-refractivity contribution < 1.29 is 19.2 Å². The molecule has 3 aromatic rings. The Morgan fingerprint density at radius 2 is 1.97 bits per heavy atom. The Kier molecular flexibility index (Phi) is 5.25. The number of hydrogen-bond acceptors (Lipinski definition) is 8. The molecule has 2 aromatic heterocycles. The summed E-state index contributed by atoms with van der Waals surface area (Å²) >= 11 is 1.61. The van der Waals surface area contributed by atoms with E-state index in [0.29, 0.717) is 26.3 Å². The maximum atomic E-state index is 12.8. The van der Waals surface area contributed by atoms with Gasteiger partial charge in [0.05, 0.1) is 16.9 Å². The van der Waals surface area contributed by atoms with Gasteiger partial charge in [-0.2, -0.15) is 0 Å². The molecule has 1 aromatic carbocycles. The molecule has 1 fully saturated rings. The van der Waals surface area contributed by atoms with Gasteiger partial charge in [-0.1, -0.05) is 5.10 Å². The minimum atomic E-state index is -0.568. The summed E-state index contributed by atoms with van der Waals surface area (Å²) in [7, 11) is 1.46. The zero-order chi connectivity index (χ0) is 22.2. The lowest BCUT2D eigenvalue weighted by Crippen LogP contribution is -2.38. The Hall–Kier alpha value is -3.47. The summed E-state index contributed by atoms with van der Waals surface area (Å²) in [6.07, 6.45) is 2.79. The van der Waals surface area contributed by atoms with Gasteiger partial charge >= 0.3 is 5.82 Å². The summed E-state index contributed by atoms with van der Waals surface area (Å²) in [5.74, 6) is 1.11. The number of nitrogens with zero attached hydrogens (tertiary/aromatic N) is 5. The summed E-state index contributed by atoms with van der Waals surface area (Å²) in [6.45, 7) is 2.14. The Balaban J connectivity index is 1.26. The van der Waals surface area contributed by atoms with Crippen molar-refractivity contribution in [2.75, 3.05) is 26.3 Å². The molecule has 1 saturated heterocycles. The van der Waals surface area contributed by atoms with Crippen LogP contribution in [-0.4, -0.2) is 56.8 Å². The van der Waals surface area contributed by atoms with Gasteiger partial charge < -0.3 is 24.5 Å². The quantitative estimate of drug-likeness (QED) is 0.438. The summed E-state index contributed by atoms with van der Waals surface area (Å²) in [6, 6.07) is 5.84. The number of amides is 1. The molecule has 0 unspecified atom stereocenters. The highest BCUT2D eigenvalue weighted by Gasteiger charge is 2.32. The number of benzene rings is 1. The van der Waals surface area contributed by atoms with Gasteiger partial charge in [0.15, 0.2) is 17.1 Å². The van der Waals surface area contributed by atoms with Crippen molar-refractivity contribution in [3.8, 4) is 22.8 Å². The van der Waals surface area contributed by atoms with Gasteiger partial charge in [-0.15, -0.1) is 16.0 Å². The molecular weight excluding hydrogens is 434 g/mol. The van der Waals surface area contributed by atoms with Gasteiger partial charge in [0.25, 0.3) is 5.91 Å². The summed E-state index contributed by atoms with van der Waals surface area (Å²) in [5, 5.41) is 18.2. The highest BCUT2D eigenvalue weighted by molar-refractivity contribution is 7.10. The summed E-state index contributed by atoms with van der Waals surface area (Å²) in [5.41, 5.74) is 1.91. The number of fused-ring (bicyclic) bond motifs is 1. The van der Waals surface area contributed by atoms with E-state index in [4.69, 9.17) is 14.5 Å². The summed E-state index contributed by atoms with van der Waals surface area (Å²) < 4.78 is 12.4. The number of hydrogen-bond donors (Lipinski definition) is 0. The van der Waals surface area contributed by atoms with Gasteiger partial charge in [0, 0.05) is 30.0 Å². The highest BCUT2D eigenvalue weighted by atomic mass is 32.1. The Bertz CT molecular complexity index is 1180. The predicted octanol–water partition coefficient (Wildman–Crippen LogP) is 3.24. The van der Waals surface area contributed by atoms with E-state index in [1.54, 1.807) is 16.2 Å². The fourth-order valence-electron chi connectivity index (χ4n) is 4.11. The number of nitro groups is 1. The van der Waals surface area contributed by atoms with Crippen molar-refractivity contribution in [3.05, 3.63) is 50.5 Å². The van der Waals surface area contributed by atoms with Gasteiger partial charge in [0.2, 0.25) is 0 Å². The second-order valence-electron chi connectivity index (χ2n) is 7.76. The second kappa shape index (κ2) is 8.23. The van der Waals surface area contributed by atoms with Crippen molar-refractivity contribution in [1.82, 2.24) is 19.7 Å². The first-order chi connectivity index (χ1) is 15.5. The molecule has 0 N–H and O–H groups in total. The number of aryl methyl sites for hydroxylation is 1. The number of piperidine rings is 1. The zero-order valence-electron chi connectivity index (χ0n) is 17.4. The molecule has 10 nitrogen and oxygen atoms in total. The van der Waals surface area contributed by atoms with Crippen molar-refractivity contribution in [3.63, 3.8) is 0 Å². The zero-order valence-corrected chi connectivity index (χ0v) is 18.2. The molecule has 5 rings (SSSR count). The number of carbonyl (C=O) groups is 1. The topological polar surface area (TPSA) is 113 Å². The number of rotatable bonds is 4. The number of ether oxygens (including phenoxy) is 2. The van der Waals surface area contributed by atoms with E-state index in [2.05, 4.69) is 5.10 Å². The van der Waals surface area contributed by atoms with Crippen LogP contribution in [0.2, 0.25) is 0 Å². The van der Waals surface area contributed by atoms with Gasteiger partial charge in [-0.25, -0.2) is 4.98 Å². The molecule has 0 saturated carbocycles. The molecule has 0 radical (unpaired) electrons. The lowest BCUT2D eigenvalue weighted by Gasteiger charge is -2.30. The van der Waals surface area contributed by atoms with E-state index in [-0.39, 0.29) is 23.2 Å². The normalized spacial score (nSPS) is 16.2. The fourth-order valence-corrected chi connectivity index (χ4v) is 5.11. The Morgan fingerprint density at radius 3 is 2.72 bits per heavy atom. The van der Waals surface area contributed by atoms with Crippen LogP contribution in [0.4, 0.5) is 5.82 Å². The number of aromatic nitrogens is 3. The third kappa shape index (κ3) is 3.68. The molecule has 1 amide bonds. The van der Waals surface area contributed by atoms with Crippen LogP contribution in [0, 0.1) is 10.1 Å².